The average molecular weight is 249 g/mol. The minimum Gasteiger partial charge on any atom is -0.494 e. The van der Waals surface area contributed by atoms with Crippen molar-refractivity contribution >= 4 is 5.78 Å². The summed E-state index contributed by atoms with van der Waals surface area (Å²) in [5, 5.41) is 10.5. The molecular formula is C14H19NO3. The maximum Gasteiger partial charge on any atom is 0.216 e. The van der Waals surface area contributed by atoms with Crippen LogP contribution < -0.4 is 4.74 Å². The van der Waals surface area contributed by atoms with Gasteiger partial charge < -0.3 is 9.84 Å². The first kappa shape index (κ1) is 13.0. The molecular weight excluding hydrogens is 230 g/mol. The van der Waals surface area contributed by atoms with Gasteiger partial charge >= 0.3 is 0 Å². The van der Waals surface area contributed by atoms with Crippen LogP contribution in [0.25, 0.3) is 0 Å². The summed E-state index contributed by atoms with van der Waals surface area (Å²) in [5.41, 5.74) is -1.03. The maximum atomic E-state index is 12.5. The van der Waals surface area contributed by atoms with E-state index in [0.29, 0.717) is 18.6 Å². The molecule has 1 aliphatic rings. The van der Waals surface area contributed by atoms with Gasteiger partial charge in [-0.05, 0) is 25.0 Å². The normalized spacial score (nSPS) is 19.0. The summed E-state index contributed by atoms with van der Waals surface area (Å²) in [6, 6.07) is 3.41. The van der Waals surface area contributed by atoms with Crippen molar-refractivity contribution in [2.45, 2.75) is 44.1 Å². The van der Waals surface area contributed by atoms with Crippen molar-refractivity contribution in [1.29, 1.82) is 0 Å². The molecule has 4 nitrogen and oxygen atoms in total. The number of ketones is 1. The monoisotopic (exact) mass is 249 g/mol. The van der Waals surface area contributed by atoms with Crippen LogP contribution in [0, 0.1) is 0 Å². The fourth-order valence-corrected chi connectivity index (χ4v) is 2.49. The Hall–Kier alpha value is -1.42. The molecule has 0 atom stereocenters. The van der Waals surface area contributed by atoms with Gasteiger partial charge in [-0.1, -0.05) is 25.7 Å². The van der Waals surface area contributed by atoms with E-state index in [4.69, 9.17) is 4.74 Å². The van der Waals surface area contributed by atoms with Gasteiger partial charge in [-0.15, -0.1) is 0 Å². The Kier molecular flexibility index (Phi) is 3.97. The fourth-order valence-electron chi connectivity index (χ4n) is 2.49. The molecule has 98 valence electrons. The van der Waals surface area contributed by atoms with E-state index in [1.807, 2.05) is 0 Å². The lowest BCUT2D eigenvalue weighted by molar-refractivity contribution is 0.0230. The predicted octanol–water partition coefficient (Wildman–Crippen LogP) is 2.36. The molecule has 1 saturated carbocycles. The van der Waals surface area contributed by atoms with Crippen LogP contribution >= 0.6 is 0 Å². The minimum atomic E-state index is -1.27. The van der Waals surface area contributed by atoms with Gasteiger partial charge in [-0.2, -0.15) is 0 Å². The maximum absolute atomic E-state index is 12.5. The Morgan fingerprint density at radius 3 is 2.61 bits per heavy atom. The van der Waals surface area contributed by atoms with Crippen molar-refractivity contribution in [1.82, 2.24) is 4.98 Å². The Balaban J connectivity index is 2.29. The van der Waals surface area contributed by atoms with Crippen LogP contribution in [-0.2, 0) is 0 Å². The van der Waals surface area contributed by atoms with Crippen LogP contribution in [0.3, 0.4) is 0 Å². The summed E-state index contributed by atoms with van der Waals surface area (Å²) in [6.07, 6.45) is 6.52. The Bertz CT molecular complexity index is 423. The second kappa shape index (κ2) is 5.48. The van der Waals surface area contributed by atoms with Crippen molar-refractivity contribution in [2.24, 2.45) is 0 Å². The quantitative estimate of drug-likeness (QED) is 0.660. The Labute approximate surface area is 107 Å². The molecule has 1 aromatic heterocycles. The first-order valence-electron chi connectivity index (χ1n) is 6.43. The number of nitrogens with zero attached hydrogens (tertiary/aromatic N) is 1. The Morgan fingerprint density at radius 2 is 2.00 bits per heavy atom. The number of hydrogen-bond acceptors (Lipinski definition) is 4. The first-order valence-corrected chi connectivity index (χ1v) is 6.43. The number of pyridine rings is 1. The summed E-state index contributed by atoms with van der Waals surface area (Å²) >= 11 is 0. The topological polar surface area (TPSA) is 59.4 Å². The highest BCUT2D eigenvalue weighted by Gasteiger charge is 2.38. The number of rotatable bonds is 3. The number of hydrogen-bond donors (Lipinski definition) is 1. The third kappa shape index (κ3) is 2.53. The Morgan fingerprint density at radius 1 is 1.33 bits per heavy atom. The van der Waals surface area contributed by atoms with Crippen LogP contribution in [0.15, 0.2) is 18.3 Å². The molecule has 4 heteroatoms. The highest BCUT2D eigenvalue weighted by atomic mass is 16.5. The fraction of sp³-hybridized carbons (Fsp3) is 0.571. The lowest BCUT2D eigenvalue weighted by atomic mass is 9.87. The SMILES string of the molecule is COc1cccnc1C(=O)C1(O)CCCCCC1. The molecule has 0 radical (unpaired) electrons. The molecule has 0 aromatic carbocycles. The van der Waals surface area contributed by atoms with Gasteiger partial charge in [0.1, 0.15) is 11.4 Å². The van der Waals surface area contributed by atoms with E-state index in [0.717, 1.165) is 25.7 Å². The van der Waals surface area contributed by atoms with Crippen molar-refractivity contribution in [2.75, 3.05) is 7.11 Å². The first-order chi connectivity index (χ1) is 8.67. The second-order valence-corrected chi connectivity index (χ2v) is 4.83. The van der Waals surface area contributed by atoms with E-state index in [2.05, 4.69) is 4.98 Å². The number of carbonyl (C=O) groups excluding carboxylic acids is 1. The summed E-state index contributed by atoms with van der Waals surface area (Å²) in [5.74, 6) is 0.127. The highest BCUT2D eigenvalue weighted by Crippen LogP contribution is 2.31. The third-order valence-electron chi connectivity index (χ3n) is 3.56. The van der Waals surface area contributed by atoms with Crippen LogP contribution in [0.2, 0.25) is 0 Å². The van der Waals surface area contributed by atoms with Gasteiger partial charge in [0.15, 0.2) is 5.69 Å². The largest absolute Gasteiger partial charge is 0.494 e. The van der Waals surface area contributed by atoms with E-state index < -0.39 is 5.60 Å². The van der Waals surface area contributed by atoms with E-state index in [1.54, 1.807) is 18.3 Å². The van der Waals surface area contributed by atoms with E-state index in [9.17, 15) is 9.90 Å². The van der Waals surface area contributed by atoms with Gasteiger partial charge in [0.2, 0.25) is 5.78 Å². The molecule has 1 N–H and O–H groups in total. The minimum absolute atomic E-state index is 0.240. The number of carbonyl (C=O) groups is 1. The van der Waals surface area contributed by atoms with E-state index in [1.165, 1.54) is 7.11 Å². The van der Waals surface area contributed by atoms with Gasteiger partial charge in [0, 0.05) is 6.20 Å². The van der Waals surface area contributed by atoms with Crippen molar-refractivity contribution in [3.05, 3.63) is 24.0 Å². The summed E-state index contributed by atoms with van der Waals surface area (Å²) in [4.78, 5) is 16.5. The van der Waals surface area contributed by atoms with Crippen molar-refractivity contribution in [3.8, 4) is 5.75 Å². The van der Waals surface area contributed by atoms with Gasteiger partial charge in [-0.3, -0.25) is 4.79 Å². The van der Waals surface area contributed by atoms with E-state index >= 15 is 0 Å². The van der Waals surface area contributed by atoms with Crippen LogP contribution in [0.1, 0.15) is 49.0 Å². The van der Waals surface area contributed by atoms with E-state index in [-0.39, 0.29) is 11.5 Å². The number of aromatic nitrogens is 1. The molecule has 2 rings (SSSR count). The third-order valence-corrected chi connectivity index (χ3v) is 3.56. The van der Waals surface area contributed by atoms with Gasteiger partial charge in [-0.25, -0.2) is 4.98 Å². The molecule has 0 saturated heterocycles. The lowest BCUT2D eigenvalue weighted by Gasteiger charge is -2.24. The van der Waals surface area contributed by atoms with Gasteiger partial charge in [0.25, 0.3) is 0 Å². The summed E-state index contributed by atoms with van der Waals surface area (Å²) < 4.78 is 5.14. The predicted molar refractivity (Wildman–Crippen MR) is 67.8 cm³/mol. The number of methoxy groups -OCH3 is 1. The molecule has 0 amide bonds. The van der Waals surface area contributed by atoms with Crippen molar-refractivity contribution < 1.29 is 14.6 Å². The number of aliphatic hydroxyl groups is 1. The van der Waals surface area contributed by atoms with Crippen LogP contribution in [-0.4, -0.2) is 28.6 Å². The molecule has 0 spiro atoms. The molecule has 0 unspecified atom stereocenters. The van der Waals surface area contributed by atoms with Crippen LogP contribution in [0.4, 0.5) is 0 Å². The van der Waals surface area contributed by atoms with Gasteiger partial charge in [0.05, 0.1) is 7.11 Å². The zero-order valence-corrected chi connectivity index (χ0v) is 10.7. The lowest BCUT2D eigenvalue weighted by Crippen LogP contribution is -2.38. The number of Topliss-reactive ketones (excluding diaryl/α,β-unsaturated/α-hetero) is 1. The molecule has 1 fully saturated rings. The highest BCUT2D eigenvalue weighted by molar-refractivity contribution is 6.02. The molecule has 0 bridgehead atoms. The molecule has 1 aromatic rings. The zero-order valence-electron chi connectivity index (χ0n) is 10.7. The summed E-state index contributed by atoms with van der Waals surface area (Å²) in [7, 11) is 1.50. The van der Waals surface area contributed by atoms with Crippen molar-refractivity contribution in [3.63, 3.8) is 0 Å². The standard InChI is InChI=1S/C14H19NO3/c1-18-11-7-6-10-15-12(11)13(16)14(17)8-4-2-3-5-9-14/h6-7,10,17H,2-5,8-9H2,1H3. The number of ether oxygens (including phenoxy) is 1. The van der Waals surface area contributed by atoms with Crippen LogP contribution in [0.5, 0.6) is 5.75 Å². The molecule has 1 heterocycles. The average Bonchev–Trinajstić information content (AvgIpc) is 2.63. The summed E-state index contributed by atoms with van der Waals surface area (Å²) in [6.45, 7) is 0. The second-order valence-electron chi connectivity index (χ2n) is 4.83. The molecule has 1 aliphatic carbocycles. The zero-order chi connectivity index (χ0) is 13.0. The molecule has 0 aliphatic heterocycles. The molecule has 18 heavy (non-hydrogen) atoms. The smallest absolute Gasteiger partial charge is 0.216 e.